The number of amidine groups is 1. The van der Waals surface area contributed by atoms with E-state index in [9.17, 15) is 9.59 Å². The topological polar surface area (TPSA) is 102 Å². The molecule has 9 nitrogen and oxygen atoms in total. The Bertz CT molecular complexity index is 1380. The van der Waals surface area contributed by atoms with Crippen molar-refractivity contribution in [2.24, 2.45) is 20.4 Å². The number of carbonyl (C=O) groups is 2. The van der Waals surface area contributed by atoms with Crippen LogP contribution in [0.2, 0.25) is 0 Å². The molecule has 2 unspecified atom stereocenters. The minimum absolute atomic E-state index is 0.0235. The van der Waals surface area contributed by atoms with E-state index in [-0.39, 0.29) is 17.2 Å². The number of alkyl halides is 1. The molecule has 4 heterocycles. The van der Waals surface area contributed by atoms with Crippen LogP contribution in [0.25, 0.3) is 0 Å². The van der Waals surface area contributed by atoms with Crippen LogP contribution in [-0.4, -0.2) is 49.7 Å². The molecule has 1 aromatic carbocycles. The fourth-order valence-corrected chi connectivity index (χ4v) is 5.40. The number of thiocarbonyl (C=S) groups is 1. The number of amides is 2. The minimum Gasteiger partial charge on any atom is -0.312 e. The molecule has 12 heteroatoms. The Kier molecular flexibility index (Phi) is 6.77. The van der Waals surface area contributed by atoms with Gasteiger partial charge in [0.1, 0.15) is 33.0 Å². The summed E-state index contributed by atoms with van der Waals surface area (Å²) >= 11 is 13.3. The maximum Gasteiger partial charge on any atom is 0.265 e. The van der Waals surface area contributed by atoms with E-state index in [2.05, 4.69) is 27.3 Å². The molecule has 1 aromatic rings. The second-order valence-corrected chi connectivity index (χ2v) is 9.56. The number of allylic oxidation sites excluding steroid dienone is 2. The van der Waals surface area contributed by atoms with Gasteiger partial charge in [0.2, 0.25) is 0 Å². The molecule has 0 aromatic heterocycles. The molecule has 4 aliphatic rings. The van der Waals surface area contributed by atoms with Gasteiger partial charge in [0.15, 0.2) is 5.11 Å². The lowest BCUT2D eigenvalue weighted by Gasteiger charge is -2.33. The van der Waals surface area contributed by atoms with Gasteiger partial charge in [-0.1, -0.05) is 54.1 Å². The van der Waals surface area contributed by atoms with Crippen LogP contribution >= 0.6 is 35.6 Å². The highest BCUT2D eigenvalue weighted by Crippen LogP contribution is 2.40. The molecule has 0 radical (unpaired) electrons. The van der Waals surface area contributed by atoms with E-state index in [4.69, 9.17) is 28.8 Å². The van der Waals surface area contributed by atoms with Crippen molar-refractivity contribution in [3.05, 3.63) is 95.2 Å². The number of fused-ring (bicyclic) bond motifs is 1. The molecule has 0 aliphatic carbocycles. The Morgan fingerprint density at radius 2 is 2.03 bits per heavy atom. The van der Waals surface area contributed by atoms with Gasteiger partial charge in [-0.15, -0.1) is 11.7 Å². The van der Waals surface area contributed by atoms with E-state index in [1.807, 2.05) is 48.6 Å². The van der Waals surface area contributed by atoms with Crippen molar-refractivity contribution < 1.29 is 9.59 Å². The van der Waals surface area contributed by atoms with Gasteiger partial charge in [0, 0.05) is 18.3 Å². The largest absolute Gasteiger partial charge is 0.312 e. The monoisotopic (exact) mass is 535 g/mol. The highest BCUT2D eigenvalue weighted by molar-refractivity contribution is 8.17. The molecule has 2 atom stereocenters. The van der Waals surface area contributed by atoms with Crippen molar-refractivity contribution in [2.45, 2.75) is 11.5 Å². The van der Waals surface area contributed by atoms with Gasteiger partial charge in [-0.25, -0.2) is 4.99 Å². The van der Waals surface area contributed by atoms with Crippen LogP contribution in [-0.2, 0) is 9.59 Å². The van der Waals surface area contributed by atoms with E-state index >= 15 is 0 Å². The molecule has 0 spiro atoms. The lowest BCUT2D eigenvalue weighted by Crippen LogP contribution is -2.54. The van der Waals surface area contributed by atoms with Gasteiger partial charge < -0.3 is 4.90 Å². The van der Waals surface area contributed by atoms with Crippen molar-refractivity contribution in [3.63, 3.8) is 0 Å². The summed E-state index contributed by atoms with van der Waals surface area (Å²) in [5, 5.41) is 16.0. The van der Waals surface area contributed by atoms with Crippen LogP contribution in [0.3, 0.4) is 0 Å². The number of rotatable bonds is 5. The lowest BCUT2D eigenvalue weighted by molar-refractivity contribution is -0.128. The minimum atomic E-state index is -0.748. The summed E-state index contributed by atoms with van der Waals surface area (Å²) in [4.78, 5) is 33.7. The van der Waals surface area contributed by atoms with E-state index in [0.717, 1.165) is 5.56 Å². The molecule has 2 amide bonds. The van der Waals surface area contributed by atoms with Crippen LogP contribution in [0.4, 0.5) is 0 Å². The normalized spacial score (nSPS) is 24.2. The molecular weight excluding hydrogens is 518 g/mol. The molecule has 180 valence electrons. The van der Waals surface area contributed by atoms with Crippen LogP contribution in [0.5, 0.6) is 0 Å². The zero-order valence-electron chi connectivity index (χ0n) is 18.6. The summed E-state index contributed by atoms with van der Waals surface area (Å²) < 4.78 is 0. The zero-order valence-corrected chi connectivity index (χ0v) is 21.0. The van der Waals surface area contributed by atoms with Crippen molar-refractivity contribution in [3.8, 4) is 0 Å². The second kappa shape index (κ2) is 10.1. The number of aliphatic imine (C=N–C) groups is 1. The summed E-state index contributed by atoms with van der Waals surface area (Å²) in [6.45, 7) is 3.81. The fraction of sp³-hybridized carbons (Fsp3) is 0.125. The summed E-state index contributed by atoms with van der Waals surface area (Å²) in [5.41, 5.74) is 0.523. The Hall–Kier alpha value is -3.67. The van der Waals surface area contributed by atoms with Gasteiger partial charge in [-0.2, -0.15) is 5.11 Å². The molecule has 5 rings (SSSR count). The molecule has 1 fully saturated rings. The smallest absolute Gasteiger partial charge is 0.265 e. The Balaban J connectivity index is 1.57. The number of halogens is 1. The molecular formula is C24H18ClN7O2S2. The maximum atomic E-state index is 13.1. The standard InChI is InChI=1S/C24H18ClN7O2S2/c1-2-11-32-23(34)16(20(33)27-24(32)35)13-15-19(25)31-12-7-6-10-17(31)26-21(15)36-22-18(28-30-29-22)14-8-4-3-5-9-14/h2-10,12-13,18-19H,1,11H2,(H,27,33,35)/b16-13+. The SMILES string of the molecule is C=CCN1C(=O)/C(=C/C2=C(SC3=NN=NC3c3ccccc3)N=C3C=CC=CN3C2Cl)C(=O)NC1=S. The van der Waals surface area contributed by atoms with E-state index in [1.165, 1.54) is 28.8 Å². The first-order valence-corrected chi connectivity index (χ1v) is 12.4. The highest BCUT2D eigenvalue weighted by atomic mass is 35.5. The van der Waals surface area contributed by atoms with E-state index in [0.29, 0.717) is 21.5 Å². The fourth-order valence-electron chi connectivity index (χ4n) is 3.76. The number of hydrogen-bond donors (Lipinski definition) is 1. The molecule has 4 aliphatic heterocycles. The van der Waals surface area contributed by atoms with E-state index in [1.54, 1.807) is 11.1 Å². The maximum absolute atomic E-state index is 13.1. The molecule has 1 saturated heterocycles. The molecule has 0 bridgehead atoms. The van der Waals surface area contributed by atoms with Gasteiger partial charge >= 0.3 is 0 Å². The quantitative estimate of drug-likeness (QED) is 0.152. The van der Waals surface area contributed by atoms with E-state index < -0.39 is 23.4 Å². The third kappa shape index (κ3) is 4.48. The van der Waals surface area contributed by atoms with Crippen molar-refractivity contribution >= 4 is 63.4 Å². The Morgan fingerprint density at radius 1 is 1.22 bits per heavy atom. The van der Waals surface area contributed by atoms with Crippen LogP contribution in [0.1, 0.15) is 11.6 Å². The van der Waals surface area contributed by atoms with Crippen LogP contribution in [0.15, 0.2) is 110 Å². The molecule has 36 heavy (non-hydrogen) atoms. The first kappa shape index (κ1) is 24.0. The second-order valence-electron chi connectivity index (χ2n) is 7.75. The summed E-state index contributed by atoms with van der Waals surface area (Å²) in [7, 11) is 0. The third-order valence-corrected chi connectivity index (χ3v) is 7.29. The third-order valence-electron chi connectivity index (χ3n) is 5.49. The number of benzene rings is 1. The first-order valence-electron chi connectivity index (χ1n) is 10.8. The molecule has 1 N–H and O–H groups in total. The lowest BCUT2D eigenvalue weighted by atomic mass is 10.1. The number of hydrogen-bond acceptors (Lipinski definition) is 9. The van der Waals surface area contributed by atoms with Gasteiger partial charge in [-0.3, -0.25) is 19.8 Å². The van der Waals surface area contributed by atoms with Crippen molar-refractivity contribution in [2.75, 3.05) is 6.54 Å². The Morgan fingerprint density at radius 3 is 2.81 bits per heavy atom. The number of nitrogens with one attached hydrogen (secondary N) is 1. The molecule has 0 saturated carbocycles. The number of nitrogens with zero attached hydrogens (tertiary/aromatic N) is 6. The first-order chi connectivity index (χ1) is 17.5. The van der Waals surface area contributed by atoms with Crippen molar-refractivity contribution in [1.29, 1.82) is 0 Å². The van der Waals surface area contributed by atoms with Gasteiger partial charge in [-0.05, 0) is 53.0 Å². The Labute approximate surface area is 221 Å². The average molecular weight is 536 g/mol. The highest BCUT2D eigenvalue weighted by Gasteiger charge is 2.36. The van der Waals surface area contributed by atoms with Crippen molar-refractivity contribution in [1.82, 2.24) is 15.1 Å². The predicted octanol–water partition coefficient (Wildman–Crippen LogP) is 4.17. The zero-order chi connectivity index (χ0) is 25.2. The van der Waals surface area contributed by atoms with Gasteiger partial charge in [0.05, 0.1) is 0 Å². The number of thioether (sulfide) groups is 1. The van der Waals surface area contributed by atoms with Crippen LogP contribution in [0, 0.1) is 0 Å². The predicted molar refractivity (Wildman–Crippen MR) is 144 cm³/mol. The van der Waals surface area contributed by atoms with Gasteiger partial charge in [0.25, 0.3) is 11.8 Å². The summed E-state index contributed by atoms with van der Waals surface area (Å²) in [6, 6.07) is 9.24. The van der Waals surface area contributed by atoms with Crippen LogP contribution < -0.4 is 5.32 Å². The number of carbonyl (C=O) groups excluding carboxylic acids is 2. The summed E-state index contributed by atoms with van der Waals surface area (Å²) in [5.74, 6) is -0.543. The average Bonchev–Trinajstić information content (AvgIpc) is 3.34. The summed E-state index contributed by atoms with van der Waals surface area (Å²) in [6.07, 6.45) is 10.3.